The van der Waals surface area contributed by atoms with Gasteiger partial charge in [0.05, 0.1) is 5.75 Å². The van der Waals surface area contributed by atoms with Crippen LogP contribution < -0.4 is 5.32 Å². The summed E-state index contributed by atoms with van der Waals surface area (Å²) in [5.41, 5.74) is 0. The third kappa shape index (κ3) is 3.92. The van der Waals surface area contributed by atoms with Crippen molar-refractivity contribution in [3.05, 3.63) is 0 Å². The molecule has 0 saturated carbocycles. The minimum absolute atomic E-state index is 0.255. The van der Waals surface area contributed by atoms with Crippen LogP contribution in [0.25, 0.3) is 0 Å². The minimum Gasteiger partial charge on any atom is -0.316 e. The number of sulfonamides is 1. The summed E-state index contributed by atoms with van der Waals surface area (Å²) in [5.74, 6) is 1.29. The predicted molar refractivity (Wildman–Crippen MR) is 78.6 cm³/mol. The standard InChI is InChI=1S/C14H28N2O2S/c1-12(2)7-10-19(17,18)16-9-4-6-14(16)13-5-3-8-15-11-13/h12-15H,3-11H2,1-2H3. The Kier molecular flexibility index (Phi) is 5.26. The van der Waals surface area contributed by atoms with Crippen molar-refractivity contribution in [1.29, 1.82) is 0 Å². The maximum absolute atomic E-state index is 12.5. The number of nitrogens with one attached hydrogen (secondary N) is 1. The van der Waals surface area contributed by atoms with E-state index in [1.807, 2.05) is 4.31 Å². The molecule has 2 aliphatic rings. The van der Waals surface area contributed by atoms with Gasteiger partial charge in [0.1, 0.15) is 0 Å². The van der Waals surface area contributed by atoms with Gasteiger partial charge in [-0.25, -0.2) is 8.42 Å². The van der Waals surface area contributed by atoms with Gasteiger partial charge in [-0.3, -0.25) is 0 Å². The first-order chi connectivity index (χ1) is 9.00. The van der Waals surface area contributed by atoms with E-state index in [9.17, 15) is 8.42 Å². The van der Waals surface area contributed by atoms with Crippen molar-refractivity contribution >= 4 is 10.0 Å². The lowest BCUT2D eigenvalue weighted by Gasteiger charge is -2.33. The fraction of sp³-hybridized carbons (Fsp3) is 1.00. The van der Waals surface area contributed by atoms with Gasteiger partial charge in [0.15, 0.2) is 0 Å². The Morgan fingerprint density at radius 2 is 2.05 bits per heavy atom. The zero-order valence-electron chi connectivity index (χ0n) is 12.3. The summed E-state index contributed by atoms with van der Waals surface area (Å²) < 4.78 is 26.8. The van der Waals surface area contributed by atoms with E-state index in [-0.39, 0.29) is 6.04 Å². The summed E-state index contributed by atoms with van der Waals surface area (Å²) in [4.78, 5) is 0. The fourth-order valence-electron chi connectivity index (χ4n) is 3.29. The SMILES string of the molecule is CC(C)CCS(=O)(=O)N1CCCC1C1CCCNC1. The Bertz CT molecular complexity index is 375. The van der Waals surface area contributed by atoms with Crippen LogP contribution in [-0.2, 0) is 10.0 Å². The van der Waals surface area contributed by atoms with Crippen LogP contribution >= 0.6 is 0 Å². The summed E-state index contributed by atoms with van der Waals surface area (Å²) in [6.07, 6.45) is 5.21. The second-order valence-corrected chi connectivity index (χ2v) is 8.47. The molecule has 2 heterocycles. The van der Waals surface area contributed by atoms with Crippen LogP contribution in [0.2, 0.25) is 0 Å². The highest BCUT2D eigenvalue weighted by Gasteiger charge is 2.38. The number of hydrogen-bond donors (Lipinski definition) is 1. The van der Waals surface area contributed by atoms with Gasteiger partial charge in [0, 0.05) is 12.6 Å². The lowest BCUT2D eigenvalue weighted by atomic mass is 9.91. The molecule has 19 heavy (non-hydrogen) atoms. The number of rotatable bonds is 5. The molecule has 2 unspecified atom stereocenters. The zero-order chi connectivity index (χ0) is 13.9. The van der Waals surface area contributed by atoms with Gasteiger partial charge >= 0.3 is 0 Å². The highest BCUT2D eigenvalue weighted by Crippen LogP contribution is 2.30. The Labute approximate surface area is 118 Å². The Hall–Kier alpha value is -0.130. The molecule has 0 aromatic heterocycles. The van der Waals surface area contributed by atoms with Crippen LogP contribution in [0.15, 0.2) is 0 Å². The van der Waals surface area contributed by atoms with Crippen molar-refractivity contribution in [2.45, 2.75) is 52.0 Å². The van der Waals surface area contributed by atoms with Crippen LogP contribution in [0, 0.1) is 11.8 Å². The molecule has 0 aromatic carbocycles. The maximum Gasteiger partial charge on any atom is 0.214 e. The van der Waals surface area contributed by atoms with Crippen LogP contribution in [0.5, 0.6) is 0 Å². The van der Waals surface area contributed by atoms with Gasteiger partial charge in [-0.2, -0.15) is 4.31 Å². The second kappa shape index (κ2) is 6.55. The van der Waals surface area contributed by atoms with Crippen molar-refractivity contribution in [3.63, 3.8) is 0 Å². The highest BCUT2D eigenvalue weighted by molar-refractivity contribution is 7.89. The summed E-state index contributed by atoms with van der Waals surface area (Å²) in [6.45, 7) is 6.98. The molecule has 2 aliphatic heterocycles. The molecule has 0 aromatic rings. The average Bonchev–Trinajstić information content (AvgIpc) is 2.87. The first-order valence-corrected chi connectivity index (χ1v) is 9.32. The molecule has 2 atom stereocenters. The van der Waals surface area contributed by atoms with Crippen molar-refractivity contribution in [3.8, 4) is 0 Å². The van der Waals surface area contributed by atoms with Gasteiger partial charge in [0.2, 0.25) is 10.0 Å². The number of nitrogens with zero attached hydrogens (tertiary/aromatic N) is 1. The molecule has 112 valence electrons. The highest BCUT2D eigenvalue weighted by atomic mass is 32.2. The van der Waals surface area contributed by atoms with Gasteiger partial charge in [0.25, 0.3) is 0 Å². The molecule has 5 heteroatoms. The summed E-state index contributed by atoms with van der Waals surface area (Å²) in [5, 5.41) is 3.41. The van der Waals surface area contributed by atoms with Gasteiger partial charge in [-0.15, -0.1) is 0 Å². The molecule has 2 fully saturated rings. The zero-order valence-corrected chi connectivity index (χ0v) is 13.1. The molecular formula is C14H28N2O2S. The Morgan fingerprint density at radius 3 is 2.68 bits per heavy atom. The van der Waals surface area contributed by atoms with E-state index >= 15 is 0 Å². The quantitative estimate of drug-likeness (QED) is 0.839. The molecule has 0 radical (unpaired) electrons. The minimum atomic E-state index is -3.05. The molecule has 2 rings (SSSR count). The Balaban J connectivity index is 2.00. The largest absolute Gasteiger partial charge is 0.316 e. The van der Waals surface area contributed by atoms with Gasteiger partial charge < -0.3 is 5.32 Å². The predicted octanol–water partition coefficient (Wildman–Crippen LogP) is 1.83. The van der Waals surface area contributed by atoms with Crippen molar-refractivity contribution in [2.75, 3.05) is 25.4 Å². The van der Waals surface area contributed by atoms with E-state index in [4.69, 9.17) is 0 Å². The van der Waals surface area contributed by atoms with Crippen LogP contribution in [0.4, 0.5) is 0 Å². The van der Waals surface area contributed by atoms with Crippen LogP contribution in [0.3, 0.4) is 0 Å². The van der Waals surface area contributed by atoms with Crippen molar-refractivity contribution in [2.24, 2.45) is 11.8 Å². The third-order valence-electron chi connectivity index (χ3n) is 4.44. The van der Waals surface area contributed by atoms with E-state index in [0.717, 1.165) is 38.9 Å². The lowest BCUT2D eigenvalue weighted by Crippen LogP contribution is -2.46. The molecule has 4 nitrogen and oxygen atoms in total. The molecule has 0 amide bonds. The second-order valence-electron chi connectivity index (χ2n) is 6.43. The van der Waals surface area contributed by atoms with E-state index in [0.29, 0.717) is 17.6 Å². The first-order valence-electron chi connectivity index (χ1n) is 7.71. The smallest absolute Gasteiger partial charge is 0.214 e. The van der Waals surface area contributed by atoms with Crippen LogP contribution in [0.1, 0.15) is 46.0 Å². The molecule has 0 bridgehead atoms. The average molecular weight is 288 g/mol. The molecule has 0 spiro atoms. The van der Waals surface area contributed by atoms with Crippen LogP contribution in [-0.4, -0.2) is 44.2 Å². The lowest BCUT2D eigenvalue weighted by molar-refractivity contribution is 0.238. The molecule has 1 N–H and O–H groups in total. The summed E-state index contributed by atoms with van der Waals surface area (Å²) >= 11 is 0. The molecular weight excluding hydrogens is 260 g/mol. The molecule has 0 aliphatic carbocycles. The molecule has 2 saturated heterocycles. The van der Waals surface area contributed by atoms with E-state index in [1.54, 1.807) is 0 Å². The summed E-state index contributed by atoms with van der Waals surface area (Å²) in [6, 6.07) is 0.255. The van der Waals surface area contributed by atoms with E-state index in [1.165, 1.54) is 12.8 Å². The first kappa shape index (κ1) is 15.3. The third-order valence-corrected chi connectivity index (χ3v) is 6.36. The monoisotopic (exact) mass is 288 g/mol. The van der Waals surface area contributed by atoms with Gasteiger partial charge in [-0.05, 0) is 57.0 Å². The van der Waals surface area contributed by atoms with E-state index in [2.05, 4.69) is 19.2 Å². The van der Waals surface area contributed by atoms with Crippen molar-refractivity contribution < 1.29 is 8.42 Å². The van der Waals surface area contributed by atoms with Crippen molar-refractivity contribution in [1.82, 2.24) is 9.62 Å². The number of hydrogen-bond acceptors (Lipinski definition) is 3. The van der Waals surface area contributed by atoms with Gasteiger partial charge in [-0.1, -0.05) is 13.8 Å². The normalized spacial score (nSPS) is 30.1. The number of piperidine rings is 1. The summed E-state index contributed by atoms with van der Waals surface area (Å²) in [7, 11) is -3.05. The van der Waals surface area contributed by atoms with E-state index < -0.39 is 10.0 Å². The maximum atomic E-state index is 12.5. The fourth-order valence-corrected chi connectivity index (χ4v) is 5.39. The Morgan fingerprint density at radius 1 is 1.26 bits per heavy atom. The topological polar surface area (TPSA) is 49.4 Å².